The number of imide groups is 1. The average molecular weight is 283 g/mol. The van der Waals surface area contributed by atoms with E-state index in [2.05, 4.69) is 5.92 Å². The molecule has 1 aliphatic rings. The molecular formula is C14H21NO5. The third-order valence-corrected chi connectivity index (χ3v) is 2.76. The molecule has 1 rings (SSSR count). The van der Waals surface area contributed by atoms with Crippen LogP contribution in [0.4, 0.5) is 0 Å². The van der Waals surface area contributed by atoms with Gasteiger partial charge in [0.1, 0.15) is 6.61 Å². The van der Waals surface area contributed by atoms with Crippen LogP contribution in [0.3, 0.4) is 0 Å². The monoisotopic (exact) mass is 283 g/mol. The Morgan fingerprint density at radius 3 is 2.80 bits per heavy atom. The van der Waals surface area contributed by atoms with Gasteiger partial charge in [-0.3, -0.25) is 14.5 Å². The molecule has 0 radical (unpaired) electrons. The van der Waals surface area contributed by atoms with E-state index in [-0.39, 0.29) is 38.0 Å². The molecule has 1 heterocycles. The Hall–Kier alpha value is -1.42. The minimum absolute atomic E-state index is 0.143. The van der Waals surface area contributed by atoms with E-state index in [0.717, 1.165) is 0 Å². The van der Waals surface area contributed by atoms with Crippen LogP contribution >= 0.6 is 0 Å². The molecule has 2 amide bonds. The van der Waals surface area contributed by atoms with Crippen molar-refractivity contribution in [3.05, 3.63) is 0 Å². The van der Waals surface area contributed by atoms with Gasteiger partial charge in [-0.05, 0) is 6.42 Å². The summed E-state index contributed by atoms with van der Waals surface area (Å²) in [5.74, 6) is 1.87. The molecule has 0 saturated carbocycles. The van der Waals surface area contributed by atoms with Crippen molar-refractivity contribution in [2.75, 3.05) is 46.2 Å². The van der Waals surface area contributed by atoms with E-state index in [1.807, 2.05) is 0 Å². The van der Waals surface area contributed by atoms with Crippen LogP contribution in [-0.2, 0) is 23.8 Å². The van der Waals surface area contributed by atoms with E-state index in [9.17, 15) is 9.59 Å². The maximum Gasteiger partial charge on any atom is 0.231 e. The van der Waals surface area contributed by atoms with E-state index in [0.29, 0.717) is 39.3 Å². The van der Waals surface area contributed by atoms with Crippen molar-refractivity contribution < 1.29 is 23.8 Å². The van der Waals surface area contributed by atoms with E-state index in [1.54, 1.807) is 0 Å². The van der Waals surface area contributed by atoms with Crippen LogP contribution in [0, 0.1) is 12.3 Å². The SMILES string of the molecule is C#CCOCCC(=O)N1CCOCCOCCCC1=O. The van der Waals surface area contributed by atoms with Gasteiger partial charge in [0.05, 0.1) is 39.4 Å². The maximum absolute atomic E-state index is 12.0. The molecule has 20 heavy (non-hydrogen) atoms. The predicted molar refractivity (Wildman–Crippen MR) is 71.9 cm³/mol. The van der Waals surface area contributed by atoms with Crippen LogP contribution in [0.5, 0.6) is 0 Å². The van der Waals surface area contributed by atoms with Gasteiger partial charge < -0.3 is 14.2 Å². The molecule has 1 aliphatic heterocycles. The topological polar surface area (TPSA) is 65.1 Å². The van der Waals surface area contributed by atoms with Crippen LogP contribution in [-0.4, -0.2) is 62.9 Å². The highest BCUT2D eigenvalue weighted by atomic mass is 16.5. The van der Waals surface area contributed by atoms with E-state index in [1.165, 1.54) is 4.90 Å². The van der Waals surface area contributed by atoms with Crippen molar-refractivity contribution in [1.29, 1.82) is 0 Å². The van der Waals surface area contributed by atoms with Gasteiger partial charge in [0.25, 0.3) is 0 Å². The largest absolute Gasteiger partial charge is 0.379 e. The summed E-state index contributed by atoms with van der Waals surface area (Å²) < 4.78 is 15.6. The summed E-state index contributed by atoms with van der Waals surface area (Å²) in [5, 5.41) is 0. The molecule has 0 unspecified atom stereocenters. The smallest absolute Gasteiger partial charge is 0.231 e. The zero-order valence-corrected chi connectivity index (χ0v) is 11.6. The Morgan fingerprint density at radius 1 is 1.30 bits per heavy atom. The normalized spacial score (nSPS) is 18.1. The minimum Gasteiger partial charge on any atom is -0.379 e. The molecule has 0 aliphatic carbocycles. The van der Waals surface area contributed by atoms with Gasteiger partial charge in [-0.15, -0.1) is 6.42 Å². The fourth-order valence-electron chi connectivity index (χ4n) is 1.75. The molecule has 1 fully saturated rings. The number of hydrogen-bond acceptors (Lipinski definition) is 5. The highest BCUT2D eigenvalue weighted by Crippen LogP contribution is 2.04. The second-order valence-corrected chi connectivity index (χ2v) is 4.27. The minimum atomic E-state index is -0.254. The number of ether oxygens (including phenoxy) is 3. The third-order valence-electron chi connectivity index (χ3n) is 2.76. The number of carbonyl (C=O) groups is 2. The van der Waals surface area contributed by atoms with Gasteiger partial charge in [-0.1, -0.05) is 5.92 Å². The molecule has 1 saturated heterocycles. The number of rotatable bonds is 4. The Balaban J connectivity index is 2.45. The molecular weight excluding hydrogens is 262 g/mol. The highest BCUT2D eigenvalue weighted by Gasteiger charge is 2.20. The van der Waals surface area contributed by atoms with Crippen molar-refractivity contribution in [1.82, 2.24) is 4.90 Å². The number of hydrogen-bond donors (Lipinski definition) is 0. The predicted octanol–water partition coefficient (Wildman–Crippen LogP) is 0.209. The van der Waals surface area contributed by atoms with Gasteiger partial charge >= 0.3 is 0 Å². The summed E-state index contributed by atoms with van der Waals surface area (Å²) in [6, 6.07) is 0. The van der Waals surface area contributed by atoms with Crippen molar-refractivity contribution in [3.63, 3.8) is 0 Å². The second-order valence-electron chi connectivity index (χ2n) is 4.27. The Kier molecular flexibility index (Phi) is 8.63. The zero-order chi connectivity index (χ0) is 14.6. The lowest BCUT2D eigenvalue weighted by Gasteiger charge is -2.20. The first-order valence-corrected chi connectivity index (χ1v) is 6.75. The standard InChI is InChI=1S/C14H21NO5/c1-2-7-18-9-5-14(17)15-6-10-20-12-11-19-8-3-4-13(15)16/h1H,3-12H2. The third kappa shape index (κ3) is 6.66. The molecule has 0 aromatic carbocycles. The van der Waals surface area contributed by atoms with Crippen molar-refractivity contribution >= 4 is 11.8 Å². The van der Waals surface area contributed by atoms with Crippen LogP contribution in [0.15, 0.2) is 0 Å². The van der Waals surface area contributed by atoms with Crippen LogP contribution < -0.4 is 0 Å². The van der Waals surface area contributed by atoms with Gasteiger partial charge in [-0.25, -0.2) is 0 Å². The van der Waals surface area contributed by atoms with E-state index >= 15 is 0 Å². The number of terminal acetylenes is 1. The van der Waals surface area contributed by atoms with Gasteiger partial charge in [0.15, 0.2) is 0 Å². The Labute approximate surface area is 119 Å². The molecule has 0 bridgehead atoms. The second kappa shape index (κ2) is 10.4. The molecule has 6 heteroatoms. The van der Waals surface area contributed by atoms with E-state index < -0.39 is 0 Å². The summed E-state index contributed by atoms with van der Waals surface area (Å²) in [6.07, 6.45) is 6.10. The molecule has 6 nitrogen and oxygen atoms in total. The van der Waals surface area contributed by atoms with Gasteiger partial charge in [0, 0.05) is 13.0 Å². The Bertz CT molecular complexity index is 350. The lowest BCUT2D eigenvalue weighted by atomic mass is 10.2. The molecule has 0 N–H and O–H groups in total. The van der Waals surface area contributed by atoms with Crippen molar-refractivity contribution in [2.45, 2.75) is 19.3 Å². The number of carbonyl (C=O) groups excluding carboxylic acids is 2. The quantitative estimate of drug-likeness (QED) is 0.545. The molecule has 0 aromatic heterocycles. The summed E-state index contributed by atoms with van der Waals surface area (Å²) in [4.78, 5) is 25.2. The molecule has 112 valence electrons. The first kappa shape index (κ1) is 16.6. The highest BCUT2D eigenvalue weighted by molar-refractivity contribution is 5.95. The van der Waals surface area contributed by atoms with Crippen LogP contribution in [0.25, 0.3) is 0 Å². The van der Waals surface area contributed by atoms with Crippen molar-refractivity contribution in [2.24, 2.45) is 0 Å². The van der Waals surface area contributed by atoms with Gasteiger partial charge in [0.2, 0.25) is 11.8 Å². The van der Waals surface area contributed by atoms with Crippen LogP contribution in [0.2, 0.25) is 0 Å². The zero-order valence-electron chi connectivity index (χ0n) is 11.6. The van der Waals surface area contributed by atoms with Crippen LogP contribution in [0.1, 0.15) is 19.3 Å². The van der Waals surface area contributed by atoms with Gasteiger partial charge in [-0.2, -0.15) is 0 Å². The average Bonchev–Trinajstić information content (AvgIpc) is 2.49. The van der Waals surface area contributed by atoms with E-state index in [4.69, 9.17) is 20.6 Å². The number of nitrogens with zero attached hydrogens (tertiary/aromatic N) is 1. The Morgan fingerprint density at radius 2 is 2.05 bits per heavy atom. The summed E-state index contributed by atoms with van der Waals surface area (Å²) >= 11 is 0. The lowest BCUT2D eigenvalue weighted by molar-refractivity contribution is -0.146. The summed E-state index contributed by atoms with van der Waals surface area (Å²) in [6.45, 7) is 2.48. The fourth-order valence-corrected chi connectivity index (χ4v) is 1.75. The summed E-state index contributed by atoms with van der Waals surface area (Å²) in [7, 11) is 0. The first-order valence-electron chi connectivity index (χ1n) is 6.75. The maximum atomic E-state index is 12.0. The number of amides is 2. The first-order chi connectivity index (χ1) is 9.75. The fraction of sp³-hybridized carbons (Fsp3) is 0.714. The lowest BCUT2D eigenvalue weighted by Crippen LogP contribution is -2.39. The molecule has 0 aromatic rings. The molecule has 0 spiro atoms. The summed E-state index contributed by atoms with van der Waals surface area (Å²) in [5.41, 5.74) is 0. The molecule has 0 atom stereocenters. The van der Waals surface area contributed by atoms with Crippen molar-refractivity contribution in [3.8, 4) is 12.3 Å².